The summed E-state index contributed by atoms with van der Waals surface area (Å²) in [6.45, 7) is 4.12. The van der Waals surface area contributed by atoms with Crippen LogP contribution in [0.5, 0.6) is 0 Å². The number of carboxylic acid groups (broad SMARTS) is 1. The van der Waals surface area contributed by atoms with Gasteiger partial charge in [0.15, 0.2) is 0 Å². The summed E-state index contributed by atoms with van der Waals surface area (Å²) in [6.07, 6.45) is 0.727. The molecule has 2 aromatic carbocycles. The minimum atomic E-state index is -1.13. The summed E-state index contributed by atoms with van der Waals surface area (Å²) in [5.41, 5.74) is 3.65. The molecule has 1 aromatic heterocycles. The number of aliphatic hydroxyl groups excluding tert-OH is 2. The standard InChI is InChI=1S/C24H26FNO4.Na.H/c1-15(2)26-21-6-4-3-5-20(21)24(16-7-9-17(25)10-8-16)22(26)12-11-18(27)13-19(28)14-23(29)30;;/h3-12,15,18-19,27-28H,13-14H2,1-2H3,(H,29,30);;/t18-,19-;;/m0../s1. The number of hydrogen-bond donors (Lipinski definition) is 3. The third-order valence-electron chi connectivity index (χ3n) is 5.00. The molecule has 0 spiro atoms. The molecular formula is C24H27FNNaO4. The van der Waals surface area contributed by atoms with Crippen LogP contribution in [0.25, 0.3) is 28.1 Å². The van der Waals surface area contributed by atoms with E-state index in [2.05, 4.69) is 18.4 Å². The molecule has 2 atom stereocenters. The summed E-state index contributed by atoms with van der Waals surface area (Å²) in [5.74, 6) is -1.43. The first-order valence-electron chi connectivity index (χ1n) is 9.93. The molecule has 0 saturated heterocycles. The summed E-state index contributed by atoms with van der Waals surface area (Å²) in [4.78, 5) is 10.7. The molecule has 0 unspecified atom stereocenters. The number of hydrogen-bond acceptors (Lipinski definition) is 3. The second kappa shape index (κ2) is 11.1. The Kier molecular flexibility index (Phi) is 9.03. The molecule has 0 aliphatic rings. The Morgan fingerprint density at radius 1 is 1.10 bits per heavy atom. The monoisotopic (exact) mass is 435 g/mol. The van der Waals surface area contributed by atoms with Crippen LogP contribution in [0.3, 0.4) is 0 Å². The van der Waals surface area contributed by atoms with Crippen LogP contribution in [-0.4, -0.2) is 67.6 Å². The third-order valence-corrected chi connectivity index (χ3v) is 5.00. The zero-order valence-electron chi connectivity index (χ0n) is 17.0. The van der Waals surface area contributed by atoms with E-state index < -0.39 is 24.6 Å². The molecule has 1 heterocycles. The number of aliphatic carboxylic acids is 1. The predicted molar refractivity (Wildman–Crippen MR) is 123 cm³/mol. The van der Waals surface area contributed by atoms with Crippen molar-refractivity contribution in [2.45, 2.75) is 44.9 Å². The molecule has 0 aliphatic carbocycles. The summed E-state index contributed by atoms with van der Waals surface area (Å²) in [7, 11) is 0. The van der Waals surface area contributed by atoms with Gasteiger partial charge in [-0.3, -0.25) is 4.79 Å². The first-order chi connectivity index (χ1) is 14.3. The Hall–Kier alpha value is -1.96. The Bertz CT molecular complexity index is 1060. The summed E-state index contributed by atoms with van der Waals surface area (Å²) >= 11 is 0. The van der Waals surface area contributed by atoms with Gasteiger partial charge < -0.3 is 19.9 Å². The number of fused-ring (bicyclic) bond motifs is 1. The van der Waals surface area contributed by atoms with E-state index >= 15 is 0 Å². The van der Waals surface area contributed by atoms with E-state index in [0.717, 1.165) is 27.7 Å². The number of benzene rings is 2. The fraction of sp³-hybridized carbons (Fsp3) is 0.292. The van der Waals surface area contributed by atoms with Crippen molar-refractivity contribution < 1.29 is 24.5 Å². The second-order valence-corrected chi connectivity index (χ2v) is 7.66. The summed E-state index contributed by atoms with van der Waals surface area (Å²) in [6, 6.07) is 14.4. The van der Waals surface area contributed by atoms with Gasteiger partial charge in [0.2, 0.25) is 0 Å². The number of halogens is 1. The molecule has 0 aliphatic heterocycles. The second-order valence-electron chi connectivity index (χ2n) is 7.66. The third kappa shape index (κ3) is 6.05. The van der Waals surface area contributed by atoms with Gasteiger partial charge in [-0.2, -0.15) is 0 Å². The van der Waals surface area contributed by atoms with Crippen LogP contribution in [-0.2, 0) is 4.79 Å². The van der Waals surface area contributed by atoms with Gasteiger partial charge >= 0.3 is 35.5 Å². The molecule has 0 fully saturated rings. The van der Waals surface area contributed by atoms with Crippen LogP contribution >= 0.6 is 0 Å². The molecule has 0 amide bonds. The maximum absolute atomic E-state index is 13.5. The Morgan fingerprint density at radius 2 is 1.74 bits per heavy atom. The van der Waals surface area contributed by atoms with E-state index in [1.807, 2.05) is 24.3 Å². The van der Waals surface area contributed by atoms with Gasteiger partial charge in [0.25, 0.3) is 0 Å². The Morgan fingerprint density at radius 3 is 2.35 bits per heavy atom. The maximum atomic E-state index is 13.5. The fourth-order valence-electron chi connectivity index (χ4n) is 3.77. The molecule has 0 radical (unpaired) electrons. The van der Waals surface area contributed by atoms with Gasteiger partial charge in [0, 0.05) is 34.6 Å². The average molecular weight is 435 g/mol. The zero-order chi connectivity index (χ0) is 21.8. The van der Waals surface area contributed by atoms with E-state index in [1.54, 1.807) is 24.3 Å². The molecule has 0 saturated carbocycles. The normalized spacial score (nSPS) is 13.5. The van der Waals surface area contributed by atoms with Gasteiger partial charge in [-0.1, -0.05) is 36.4 Å². The SMILES string of the molecule is CC(C)n1c(C=C[C@H](O)C[C@H](O)CC(=O)O)c(-c2ccc(F)cc2)c2ccccc21.[NaH]. The van der Waals surface area contributed by atoms with E-state index in [1.165, 1.54) is 12.1 Å². The first-order valence-corrected chi connectivity index (χ1v) is 9.93. The molecule has 3 aromatic rings. The van der Waals surface area contributed by atoms with Crippen LogP contribution in [0.15, 0.2) is 54.6 Å². The number of aliphatic hydroxyl groups is 2. The van der Waals surface area contributed by atoms with Crippen molar-refractivity contribution in [3.8, 4) is 11.1 Å². The van der Waals surface area contributed by atoms with E-state index in [9.17, 15) is 19.4 Å². The zero-order valence-corrected chi connectivity index (χ0v) is 17.0. The molecule has 5 nitrogen and oxygen atoms in total. The van der Waals surface area contributed by atoms with Crippen LogP contribution in [0.4, 0.5) is 4.39 Å². The van der Waals surface area contributed by atoms with Crippen molar-refractivity contribution in [1.82, 2.24) is 4.57 Å². The van der Waals surface area contributed by atoms with Gasteiger partial charge in [-0.15, -0.1) is 0 Å². The minimum absolute atomic E-state index is 0. The van der Waals surface area contributed by atoms with Gasteiger partial charge in [-0.05, 0) is 43.7 Å². The molecule has 0 bridgehead atoms. The van der Waals surface area contributed by atoms with Crippen LogP contribution in [0, 0.1) is 5.82 Å². The van der Waals surface area contributed by atoms with Crippen molar-refractivity contribution in [3.63, 3.8) is 0 Å². The van der Waals surface area contributed by atoms with E-state index in [0.29, 0.717) is 0 Å². The molecule has 7 heteroatoms. The average Bonchev–Trinajstić information content (AvgIpc) is 3.00. The number of rotatable bonds is 8. The Labute approximate surface area is 203 Å². The predicted octanol–water partition coefficient (Wildman–Crippen LogP) is 3.98. The fourth-order valence-corrected chi connectivity index (χ4v) is 3.77. The van der Waals surface area contributed by atoms with Crippen molar-refractivity contribution in [3.05, 3.63) is 66.1 Å². The summed E-state index contributed by atoms with van der Waals surface area (Å²) in [5, 5.41) is 29.9. The number of nitrogens with zero attached hydrogens (tertiary/aromatic N) is 1. The van der Waals surface area contributed by atoms with Gasteiger partial charge in [0.05, 0.1) is 18.6 Å². The number of carbonyl (C=O) groups is 1. The summed E-state index contributed by atoms with van der Waals surface area (Å²) < 4.78 is 15.6. The van der Waals surface area contributed by atoms with Gasteiger partial charge in [-0.25, -0.2) is 4.39 Å². The van der Waals surface area contributed by atoms with Crippen LogP contribution < -0.4 is 0 Å². The molecule has 3 N–H and O–H groups in total. The van der Waals surface area contributed by atoms with Crippen molar-refractivity contribution in [1.29, 1.82) is 0 Å². The van der Waals surface area contributed by atoms with Crippen molar-refractivity contribution in [2.24, 2.45) is 0 Å². The van der Waals surface area contributed by atoms with Crippen molar-refractivity contribution >= 4 is 52.5 Å². The van der Waals surface area contributed by atoms with Crippen LogP contribution in [0.2, 0.25) is 0 Å². The number of carboxylic acids is 1. The van der Waals surface area contributed by atoms with E-state index in [4.69, 9.17) is 5.11 Å². The number of aromatic nitrogens is 1. The molecule has 160 valence electrons. The Balaban J connectivity index is 0.00000341. The van der Waals surface area contributed by atoms with Crippen molar-refractivity contribution in [2.75, 3.05) is 0 Å². The first kappa shape index (κ1) is 25.3. The van der Waals surface area contributed by atoms with Gasteiger partial charge in [0.1, 0.15) is 5.82 Å². The van der Waals surface area contributed by atoms with Crippen LogP contribution in [0.1, 0.15) is 38.4 Å². The van der Waals surface area contributed by atoms with E-state index in [-0.39, 0.29) is 47.8 Å². The molecule has 3 rings (SSSR count). The number of para-hydroxylation sites is 1. The molecule has 31 heavy (non-hydrogen) atoms. The quantitative estimate of drug-likeness (QED) is 0.468. The molecular weight excluding hydrogens is 408 g/mol. The topological polar surface area (TPSA) is 82.7 Å².